The largest absolute Gasteiger partial charge is 0.380 e. The summed E-state index contributed by atoms with van der Waals surface area (Å²) < 4.78 is 5.21. The maximum Gasteiger partial charge on any atom is 0.0683 e. The van der Waals surface area contributed by atoms with Crippen LogP contribution in [0.1, 0.15) is 40.0 Å². The molecular weight excluding hydrogens is 188 g/mol. The van der Waals surface area contributed by atoms with Crippen LogP contribution in [0.2, 0.25) is 0 Å². The van der Waals surface area contributed by atoms with Gasteiger partial charge in [-0.25, -0.2) is 0 Å². The number of rotatable bonds is 9. The average Bonchev–Trinajstić information content (AvgIpc) is 2.22. The highest BCUT2D eigenvalue weighted by molar-refractivity contribution is 4.91. The molecule has 0 amide bonds. The van der Waals surface area contributed by atoms with Crippen molar-refractivity contribution in [3.8, 4) is 6.07 Å². The van der Waals surface area contributed by atoms with E-state index in [1.165, 1.54) is 0 Å². The third-order valence-corrected chi connectivity index (χ3v) is 2.34. The Labute approximate surface area is 93.8 Å². The first-order valence-electron chi connectivity index (χ1n) is 5.82. The molecule has 0 atom stereocenters. The smallest absolute Gasteiger partial charge is 0.0683 e. The van der Waals surface area contributed by atoms with Crippen LogP contribution in [0.3, 0.4) is 0 Å². The predicted molar refractivity (Wildman–Crippen MR) is 62.6 cm³/mol. The second-order valence-electron chi connectivity index (χ2n) is 4.40. The molecule has 0 saturated carbocycles. The summed E-state index contributed by atoms with van der Waals surface area (Å²) in [5.41, 5.74) is -0.161. The van der Waals surface area contributed by atoms with Gasteiger partial charge in [-0.2, -0.15) is 5.26 Å². The molecule has 0 bridgehead atoms. The number of hydrogen-bond donors (Lipinski definition) is 1. The van der Waals surface area contributed by atoms with Crippen molar-refractivity contribution in [2.24, 2.45) is 5.41 Å². The summed E-state index contributed by atoms with van der Waals surface area (Å²) in [6.45, 7) is 9.53. The van der Waals surface area contributed by atoms with E-state index in [-0.39, 0.29) is 5.41 Å². The first kappa shape index (κ1) is 14.4. The summed E-state index contributed by atoms with van der Waals surface area (Å²) in [5, 5.41) is 12.1. The molecule has 0 aliphatic heterocycles. The summed E-state index contributed by atoms with van der Waals surface area (Å²) in [6.07, 6.45) is 3.23. The van der Waals surface area contributed by atoms with E-state index in [1.807, 2.05) is 20.8 Å². The molecule has 0 aromatic heterocycles. The van der Waals surface area contributed by atoms with Crippen LogP contribution in [0.15, 0.2) is 0 Å². The van der Waals surface area contributed by atoms with Crippen LogP contribution < -0.4 is 5.32 Å². The van der Waals surface area contributed by atoms with E-state index in [4.69, 9.17) is 10.00 Å². The molecule has 0 aromatic rings. The lowest BCUT2D eigenvalue weighted by atomic mass is 9.89. The van der Waals surface area contributed by atoms with Crippen LogP contribution in [0.4, 0.5) is 0 Å². The number of nitrogens with one attached hydrogen (secondary N) is 1. The zero-order valence-electron chi connectivity index (χ0n) is 10.3. The Morgan fingerprint density at radius 1 is 1.27 bits per heavy atom. The van der Waals surface area contributed by atoms with Crippen molar-refractivity contribution in [2.45, 2.75) is 40.0 Å². The van der Waals surface area contributed by atoms with Crippen LogP contribution >= 0.6 is 0 Å². The maximum absolute atomic E-state index is 8.81. The van der Waals surface area contributed by atoms with Gasteiger partial charge in [0.25, 0.3) is 0 Å². The lowest BCUT2D eigenvalue weighted by Gasteiger charge is -2.14. The summed E-state index contributed by atoms with van der Waals surface area (Å²) in [7, 11) is 0. The summed E-state index contributed by atoms with van der Waals surface area (Å²) in [6, 6.07) is 2.32. The van der Waals surface area contributed by atoms with Gasteiger partial charge in [-0.3, -0.25) is 0 Å². The van der Waals surface area contributed by atoms with Gasteiger partial charge in [-0.05, 0) is 40.2 Å². The van der Waals surface area contributed by atoms with Gasteiger partial charge in [0.2, 0.25) is 0 Å². The second-order valence-corrected chi connectivity index (χ2v) is 4.40. The van der Waals surface area contributed by atoms with E-state index < -0.39 is 0 Å². The quantitative estimate of drug-likeness (QED) is 0.597. The standard InChI is InChI=1S/C12H24N2O/c1-4-15-10-9-14-8-6-5-7-12(2,3)11-13/h14H,4-10H2,1-3H3. The zero-order chi connectivity index (χ0) is 11.6. The molecule has 0 aliphatic carbocycles. The van der Waals surface area contributed by atoms with Crippen LogP contribution in [0.25, 0.3) is 0 Å². The first-order valence-corrected chi connectivity index (χ1v) is 5.82. The number of unbranched alkanes of at least 4 members (excludes halogenated alkanes) is 1. The Morgan fingerprint density at radius 2 is 2.00 bits per heavy atom. The molecule has 0 aliphatic rings. The molecule has 15 heavy (non-hydrogen) atoms. The Morgan fingerprint density at radius 3 is 2.60 bits per heavy atom. The summed E-state index contributed by atoms with van der Waals surface area (Å²) >= 11 is 0. The minimum Gasteiger partial charge on any atom is -0.380 e. The number of nitriles is 1. The second kappa shape index (κ2) is 8.70. The highest BCUT2D eigenvalue weighted by Gasteiger charge is 2.14. The van der Waals surface area contributed by atoms with Crippen molar-refractivity contribution in [2.75, 3.05) is 26.3 Å². The van der Waals surface area contributed by atoms with Crippen molar-refractivity contribution in [1.29, 1.82) is 5.26 Å². The molecule has 3 heteroatoms. The summed E-state index contributed by atoms with van der Waals surface area (Å²) in [4.78, 5) is 0. The fourth-order valence-electron chi connectivity index (χ4n) is 1.29. The minimum absolute atomic E-state index is 0.161. The van der Waals surface area contributed by atoms with Crippen molar-refractivity contribution in [3.05, 3.63) is 0 Å². The molecule has 0 spiro atoms. The van der Waals surface area contributed by atoms with Crippen LogP contribution in [-0.4, -0.2) is 26.3 Å². The molecular formula is C12H24N2O. The van der Waals surface area contributed by atoms with Gasteiger partial charge in [0.05, 0.1) is 18.1 Å². The van der Waals surface area contributed by atoms with Crippen LogP contribution in [-0.2, 0) is 4.74 Å². The van der Waals surface area contributed by atoms with Crippen molar-refractivity contribution in [3.63, 3.8) is 0 Å². The third-order valence-electron chi connectivity index (χ3n) is 2.34. The van der Waals surface area contributed by atoms with Crippen molar-refractivity contribution in [1.82, 2.24) is 5.32 Å². The molecule has 0 rings (SSSR count). The van der Waals surface area contributed by atoms with E-state index >= 15 is 0 Å². The van der Waals surface area contributed by atoms with Crippen LogP contribution in [0, 0.1) is 16.7 Å². The number of hydrogen-bond acceptors (Lipinski definition) is 3. The van der Waals surface area contributed by atoms with Crippen LogP contribution in [0.5, 0.6) is 0 Å². The molecule has 0 radical (unpaired) electrons. The molecule has 0 fully saturated rings. The highest BCUT2D eigenvalue weighted by atomic mass is 16.5. The Hall–Kier alpha value is -0.590. The monoisotopic (exact) mass is 212 g/mol. The molecule has 0 heterocycles. The van der Waals surface area contributed by atoms with E-state index in [1.54, 1.807) is 0 Å². The Kier molecular flexibility index (Phi) is 8.35. The minimum atomic E-state index is -0.161. The number of ether oxygens (including phenoxy) is 1. The molecule has 3 nitrogen and oxygen atoms in total. The number of nitrogens with zero attached hydrogens (tertiary/aromatic N) is 1. The third kappa shape index (κ3) is 9.71. The molecule has 0 aromatic carbocycles. The van der Waals surface area contributed by atoms with Gasteiger partial charge in [0.15, 0.2) is 0 Å². The molecule has 88 valence electrons. The van der Waals surface area contributed by atoms with Gasteiger partial charge in [-0.1, -0.05) is 6.42 Å². The molecule has 0 unspecified atom stereocenters. The molecule has 1 N–H and O–H groups in total. The lowest BCUT2D eigenvalue weighted by molar-refractivity contribution is 0.149. The lowest BCUT2D eigenvalue weighted by Crippen LogP contribution is -2.21. The van der Waals surface area contributed by atoms with Gasteiger partial charge in [0, 0.05) is 13.2 Å². The molecule has 0 saturated heterocycles. The summed E-state index contributed by atoms with van der Waals surface area (Å²) in [5.74, 6) is 0. The van der Waals surface area contributed by atoms with E-state index in [9.17, 15) is 0 Å². The van der Waals surface area contributed by atoms with Crippen molar-refractivity contribution < 1.29 is 4.74 Å². The van der Waals surface area contributed by atoms with E-state index in [0.717, 1.165) is 45.6 Å². The van der Waals surface area contributed by atoms with E-state index in [2.05, 4.69) is 11.4 Å². The SMILES string of the molecule is CCOCCNCCCCC(C)(C)C#N. The average molecular weight is 212 g/mol. The normalized spacial score (nSPS) is 11.3. The maximum atomic E-state index is 8.81. The fraction of sp³-hybridized carbons (Fsp3) is 0.917. The van der Waals surface area contributed by atoms with E-state index in [0.29, 0.717) is 0 Å². The fourth-order valence-corrected chi connectivity index (χ4v) is 1.29. The van der Waals surface area contributed by atoms with Gasteiger partial charge < -0.3 is 10.1 Å². The van der Waals surface area contributed by atoms with Gasteiger partial charge in [0.1, 0.15) is 0 Å². The first-order chi connectivity index (χ1) is 7.12. The van der Waals surface area contributed by atoms with Gasteiger partial charge >= 0.3 is 0 Å². The highest BCUT2D eigenvalue weighted by Crippen LogP contribution is 2.21. The topological polar surface area (TPSA) is 45.0 Å². The van der Waals surface area contributed by atoms with Crippen molar-refractivity contribution >= 4 is 0 Å². The predicted octanol–water partition coefficient (Wildman–Crippen LogP) is 2.33. The Bertz CT molecular complexity index is 185. The Balaban J connectivity index is 3.16. The van der Waals surface area contributed by atoms with Gasteiger partial charge in [-0.15, -0.1) is 0 Å². The zero-order valence-corrected chi connectivity index (χ0v) is 10.3.